The molecule has 164 valence electrons. The van der Waals surface area contributed by atoms with Gasteiger partial charge in [0.2, 0.25) is 0 Å². The molecule has 2 fully saturated rings. The summed E-state index contributed by atoms with van der Waals surface area (Å²) < 4.78 is 0. The summed E-state index contributed by atoms with van der Waals surface area (Å²) in [7, 11) is 0. The van der Waals surface area contributed by atoms with E-state index in [2.05, 4.69) is 53.8 Å². The number of benzene rings is 1. The van der Waals surface area contributed by atoms with Crippen molar-refractivity contribution in [1.29, 1.82) is 5.41 Å². The van der Waals surface area contributed by atoms with E-state index in [1.165, 1.54) is 12.8 Å². The zero-order valence-corrected chi connectivity index (χ0v) is 19.0. The molecule has 2 aliphatic rings. The average Bonchev–Trinajstić information content (AvgIpc) is 3.13. The number of pyridine rings is 1. The molecule has 5 nitrogen and oxygen atoms in total. The van der Waals surface area contributed by atoms with Crippen molar-refractivity contribution in [3.63, 3.8) is 0 Å². The monoisotopic (exact) mass is 425 g/mol. The smallest absolute Gasteiger partial charge is 0.133 e. The highest BCUT2D eigenvalue weighted by atomic mass is 15.3. The maximum Gasteiger partial charge on any atom is 0.133 e. The van der Waals surface area contributed by atoms with Crippen LogP contribution in [0.1, 0.15) is 56.6 Å². The number of anilines is 1. The molecule has 3 aromatic rings. The van der Waals surface area contributed by atoms with E-state index in [9.17, 15) is 0 Å². The predicted octanol–water partition coefficient (Wildman–Crippen LogP) is 5.68. The van der Waals surface area contributed by atoms with Crippen LogP contribution in [0, 0.1) is 17.2 Å². The van der Waals surface area contributed by atoms with Crippen molar-refractivity contribution in [1.82, 2.24) is 15.0 Å². The van der Waals surface area contributed by atoms with E-state index >= 15 is 0 Å². The third kappa shape index (κ3) is 3.77. The summed E-state index contributed by atoms with van der Waals surface area (Å²) in [5.41, 5.74) is 3.82. The number of H-pyrrole nitrogens is 1. The number of aromatic nitrogens is 3. The van der Waals surface area contributed by atoms with Gasteiger partial charge in [0.05, 0.1) is 5.71 Å². The van der Waals surface area contributed by atoms with Gasteiger partial charge in [-0.2, -0.15) is 0 Å². The van der Waals surface area contributed by atoms with E-state index in [-0.39, 0.29) is 5.54 Å². The molecule has 0 spiro atoms. The Labute approximate surface area is 190 Å². The summed E-state index contributed by atoms with van der Waals surface area (Å²) in [6, 6.07) is 16.3. The van der Waals surface area contributed by atoms with Crippen molar-refractivity contribution in [2.45, 2.75) is 45.1 Å². The topological polar surface area (TPSA) is 68.7 Å². The quantitative estimate of drug-likeness (QED) is 0.499. The molecule has 0 amide bonds. The lowest BCUT2D eigenvalue weighted by atomic mass is 10.0. The molecule has 5 rings (SSSR count). The van der Waals surface area contributed by atoms with E-state index in [1.807, 2.05) is 42.6 Å². The Morgan fingerprint density at radius 2 is 1.97 bits per heavy atom. The normalized spacial score (nSPS) is 24.5. The van der Waals surface area contributed by atoms with Crippen LogP contribution in [-0.4, -0.2) is 32.7 Å². The first kappa shape index (κ1) is 20.7. The Balaban J connectivity index is 1.46. The minimum absolute atomic E-state index is 0.157. The SMILES string of the molecule is CC1C(/C(=C/C(=N)c2ccccc2)c2ncc[nH]2)C1c1cccc(N2CCCC2(C)C)n1. The van der Waals surface area contributed by atoms with Gasteiger partial charge in [0.1, 0.15) is 11.6 Å². The minimum Gasteiger partial charge on any atom is -0.351 e. The van der Waals surface area contributed by atoms with Gasteiger partial charge in [-0.25, -0.2) is 9.97 Å². The van der Waals surface area contributed by atoms with Crippen molar-refractivity contribution in [2.24, 2.45) is 11.8 Å². The molecule has 2 N–H and O–H groups in total. The fourth-order valence-electron chi connectivity index (χ4n) is 5.30. The van der Waals surface area contributed by atoms with E-state index in [1.54, 1.807) is 6.20 Å². The Hall–Kier alpha value is -3.21. The molecule has 32 heavy (non-hydrogen) atoms. The summed E-state index contributed by atoms with van der Waals surface area (Å²) >= 11 is 0. The molecule has 5 heteroatoms. The van der Waals surface area contributed by atoms with Gasteiger partial charge < -0.3 is 15.3 Å². The largest absolute Gasteiger partial charge is 0.351 e. The van der Waals surface area contributed by atoms with Crippen LogP contribution < -0.4 is 4.90 Å². The van der Waals surface area contributed by atoms with E-state index < -0.39 is 0 Å². The molecular weight excluding hydrogens is 394 g/mol. The van der Waals surface area contributed by atoms with Gasteiger partial charge in [0.25, 0.3) is 0 Å². The zero-order chi connectivity index (χ0) is 22.3. The number of nitrogens with one attached hydrogen (secondary N) is 2. The van der Waals surface area contributed by atoms with Gasteiger partial charge in [-0.3, -0.25) is 0 Å². The lowest BCUT2D eigenvalue weighted by Crippen LogP contribution is -2.38. The second-order valence-corrected chi connectivity index (χ2v) is 9.72. The maximum atomic E-state index is 8.67. The first-order valence-electron chi connectivity index (χ1n) is 11.6. The summed E-state index contributed by atoms with van der Waals surface area (Å²) in [5.74, 6) is 3.01. The number of hydrogen-bond acceptors (Lipinski definition) is 4. The van der Waals surface area contributed by atoms with E-state index in [0.717, 1.165) is 35.0 Å². The van der Waals surface area contributed by atoms with Crippen LogP contribution >= 0.6 is 0 Å². The predicted molar refractivity (Wildman–Crippen MR) is 130 cm³/mol. The number of imidazole rings is 1. The molecule has 2 aromatic heterocycles. The van der Waals surface area contributed by atoms with E-state index in [4.69, 9.17) is 10.4 Å². The highest BCUT2D eigenvalue weighted by Gasteiger charge is 2.51. The van der Waals surface area contributed by atoms with Gasteiger partial charge >= 0.3 is 0 Å². The third-order valence-electron chi connectivity index (χ3n) is 7.17. The molecule has 3 atom stereocenters. The number of nitrogens with zero attached hydrogens (tertiary/aromatic N) is 3. The van der Waals surface area contributed by atoms with Crippen molar-refractivity contribution in [2.75, 3.05) is 11.4 Å². The molecular formula is C27H31N5. The second-order valence-electron chi connectivity index (χ2n) is 9.72. The fraction of sp³-hybridized carbons (Fsp3) is 0.370. The highest BCUT2D eigenvalue weighted by molar-refractivity contribution is 6.10. The molecule has 3 heterocycles. The molecule has 1 aliphatic carbocycles. The van der Waals surface area contributed by atoms with Gasteiger partial charge in [-0.05, 0) is 62.3 Å². The third-order valence-corrected chi connectivity index (χ3v) is 7.17. The fourth-order valence-corrected chi connectivity index (χ4v) is 5.30. The maximum absolute atomic E-state index is 8.67. The summed E-state index contributed by atoms with van der Waals surface area (Å²) in [6.45, 7) is 7.97. The minimum atomic E-state index is 0.157. The Morgan fingerprint density at radius 3 is 2.66 bits per heavy atom. The van der Waals surface area contributed by atoms with E-state index in [0.29, 0.717) is 23.5 Å². The lowest BCUT2D eigenvalue weighted by molar-refractivity contribution is 0.514. The number of hydrogen-bond donors (Lipinski definition) is 2. The van der Waals surface area contributed by atoms with Gasteiger partial charge in [-0.1, -0.05) is 43.3 Å². The van der Waals surface area contributed by atoms with Gasteiger partial charge in [0.15, 0.2) is 0 Å². The first-order valence-corrected chi connectivity index (χ1v) is 11.6. The summed E-state index contributed by atoms with van der Waals surface area (Å²) in [5, 5.41) is 8.67. The van der Waals surface area contributed by atoms with Crippen LogP contribution in [0.15, 0.2) is 67.0 Å². The average molecular weight is 426 g/mol. The molecule has 1 saturated heterocycles. The van der Waals surface area contributed by atoms with Gasteiger partial charge in [-0.15, -0.1) is 0 Å². The Bertz CT molecular complexity index is 1130. The second kappa shape index (κ2) is 8.05. The van der Waals surface area contributed by atoms with Gasteiger partial charge in [0, 0.05) is 41.7 Å². The van der Waals surface area contributed by atoms with Crippen molar-refractivity contribution in [3.8, 4) is 0 Å². The number of aromatic amines is 1. The summed E-state index contributed by atoms with van der Waals surface area (Å²) in [4.78, 5) is 15.4. The van der Waals surface area contributed by atoms with Crippen LogP contribution in [0.25, 0.3) is 5.57 Å². The highest BCUT2D eigenvalue weighted by Crippen LogP contribution is 2.59. The molecule has 1 aliphatic heterocycles. The first-order chi connectivity index (χ1) is 15.5. The summed E-state index contributed by atoms with van der Waals surface area (Å²) in [6.07, 6.45) is 8.04. The number of allylic oxidation sites excluding steroid dienone is 2. The van der Waals surface area contributed by atoms with Crippen LogP contribution in [0.5, 0.6) is 0 Å². The van der Waals surface area contributed by atoms with Crippen LogP contribution in [0.3, 0.4) is 0 Å². The molecule has 1 aromatic carbocycles. The van der Waals surface area contributed by atoms with Crippen molar-refractivity contribution >= 4 is 17.1 Å². The zero-order valence-electron chi connectivity index (χ0n) is 19.0. The van der Waals surface area contributed by atoms with Crippen molar-refractivity contribution in [3.05, 3.63) is 84.1 Å². The molecule has 0 bridgehead atoms. The molecule has 3 unspecified atom stereocenters. The van der Waals surface area contributed by atoms with Crippen molar-refractivity contribution < 1.29 is 0 Å². The number of rotatable bonds is 6. The Kier molecular flexibility index (Phi) is 5.20. The Morgan fingerprint density at radius 1 is 1.16 bits per heavy atom. The molecule has 1 saturated carbocycles. The standard InChI is InChI=1S/C27H31N5/c1-18-24(20(26-29-14-15-30-26)17-21(28)19-9-5-4-6-10-19)25(18)22-11-7-12-23(31-22)32-16-8-13-27(32,2)3/h4-7,9-12,14-15,17-18,24-25,28H,8,13,16H2,1-3H3,(H,29,30)/b20-17-,28-21?. The van der Waals surface area contributed by atoms with Crippen LogP contribution in [0.2, 0.25) is 0 Å². The van der Waals surface area contributed by atoms with Crippen LogP contribution in [0.4, 0.5) is 5.82 Å². The molecule has 0 radical (unpaired) electrons. The van der Waals surface area contributed by atoms with Crippen LogP contribution in [-0.2, 0) is 0 Å². The lowest BCUT2D eigenvalue weighted by Gasteiger charge is -2.32.